The van der Waals surface area contributed by atoms with E-state index in [0.29, 0.717) is 6.61 Å². The van der Waals surface area contributed by atoms with Crippen molar-refractivity contribution in [3.63, 3.8) is 0 Å². The molecule has 0 unspecified atom stereocenters. The van der Waals surface area contributed by atoms with E-state index in [9.17, 15) is 0 Å². The molecule has 0 bridgehead atoms. The second-order valence-corrected chi connectivity index (χ2v) is 3.43. The van der Waals surface area contributed by atoms with Gasteiger partial charge >= 0.3 is 0 Å². The molecule has 1 aromatic carbocycles. The monoisotopic (exact) mass is 210 g/mol. The fraction of sp³-hybridized carbons (Fsp3) is 0.500. The van der Waals surface area contributed by atoms with E-state index in [4.69, 9.17) is 14.6 Å². The summed E-state index contributed by atoms with van der Waals surface area (Å²) in [6.45, 7) is 2.84. The molecule has 84 valence electrons. The molecule has 0 spiro atoms. The molecule has 0 saturated carbocycles. The molecule has 0 radical (unpaired) electrons. The van der Waals surface area contributed by atoms with Crippen molar-refractivity contribution < 1.29 is 14.6 Å². The van der Waals surface area contributed by atoms with Crippen molar-refractivity contribution in [1.82, 2.24) is 0 Å². The highest BCUT2D eigenvalue weighted by atomic mass is 16.5. The number of hydrogen-bond donors (Lipinski definition) is 1. The average Bonchev–Trinajstić information content (AvgIpc) is 2.26. The van der Waals surface area contributed by atoms with E-state index >= 15 is 0 Å². The van der Waals surface area contributed by atoms with E-state index in [1.165, 1.54) is 0 Å². The number of benzene rings is 1. The highest BCUT2D eigenvalue weighted by molar-refractivity contribution is 5.42. The summed E-state index contributed by atoms with van der Waals surface area (Å²) >= 11 is 0. The zero-order chi connectivity index (χ0) is 11.1. The van der Waals surface area contributed by atoms with Crippen LogP contribution in [0.1, 0.15) is 18.4 Å². The van der Waals surface area contributed by atoms with Gasteiger partial charge in [0.05, 0.1) is 13.7 Å². The Labute approximate surface area is 90.6 Å². The number of ether oxygens (including phenoxy) is 2. The number of aliphatic hydroxyl groups is 1. The van der Waals surface area contributed by atoms with Crippen LogP contribution in [-0.2, 0) is 0 Å². The Hall–Kier alpha value is -1.22. The lowest BCUT2D eigenvalue weighted by atomic mass is 10.2. The van der Waals surface area contributed by atoms with Crippen molar-refractivity contribution in [2.24, 2.45) is 0 Å². The minimum Gasteiger partial charge on any atom is -0.493 e. The van der Waals surface area contributed by atoms with Crippen LogP contribution in [0, 0.1) is 6.92 Å². The smallest absolute Gasteiger partial charge is 0.161 e. The van der Waals surface area contributed by atoms with Gasteiger partial charge in [-0.25, -0.2) is 0 Å². The third kappa shape index (κ3) is 3.80. The summed E-state index contributed by atoms with van der Waals surface area (Å²) < 4.78 is 10.8. The molecule has 0 fully saturated rings. The van der Waals surface area contributed by atoms with Crippen molar-refractivity contribution >= 4 is 0 Å². The molecule has 0 aliphatic heterocycles. The number of rotatable bonds is 6. The van der Waals surface area contributed by atoms with Gasteiger partial charge in [-0.1, -0.05) is 6.07 Å². The third-order valence-corrected chi connectivity index (χ3v) is 2.13. The van der Waals surface area contributed by atoms with Crippen molar-refractivity contribution in [2.75, 3.05) is 20.3 Å². The van der Waals surface area contributed by atoms with E-state index in [1.807, 2.05) is 25.1 Å². The van der Waals surface area contributed by atoms with Crippen LogP contribution in [0.5, 0.6) is 11.5 Å². The van der Waals surface area contributed by atoms with E-state index in [2.05, 4.69) is 0 Å². The summed E-state index contributed by atoms with van der Waals surface area (Å²) in [6, 6.07) is 5.85. The zero-order valence-corrected chi connectivity index (χ0v) is 9.32. The van der Waals surface area contributed by atoms with E-state index < -0.39 is 0 Å². The Morgan fingerprint density at radius 3 is 2.67 bits per heavy atom. The molecule has 1 aromatic rings. The van der Waals surface area contributed by atoms with Crippen LogP contribution >= 0.6 is 0 Å². The molecule has 0 aromatic heterocycles. The lowest BCUT2D eigenvalue weighted by molar-refractivity contribution is 0.247. The topological polar surface area (TPSA) is 38.7 Å². The Bertz CT molecular complexity index is 297. The zero-order valence-electron chi connectivity index (χ0n) is 9.32. The summed E-state index contributed by atoms with van der Waals surface area (Å²) in [4.78, 5) is 0. The highest BCUT2D eigenvalue weighted by Gasteiger charge is 2.03. The first-order valence-electron chi connectivity index (χ1n) is 5.16. The SMILES string of the molecule is COc1cc(C)ccc1OCCCCO. The molecule has 0 atom stereocenters. The predicted molar refractivity (Wildman–Crippen MR) is 59.5 cm³/mol. The minimum absolute atomic E-state index is 0.217. The van der Waals surface area contributed by atoms with Gasteiger partial charge in [-0.05, 0) is 37.5 Å². The standard InChI is InChI=1S/C12H18O3/c1-10-5-6-11(12(9-10)14-2)15-8-4-3-7-13/h5-6,9,13H,3-4,7-8H2,1-2H3. The molecule has 3 nitrogen and oxygen atoms in total. The Kier molecular flexibility index (Phi) is 4.98. The van der Waals surface area contributed by atoms with Gasteiger partial charge < -0.3 is 14.6 Å². The lowest BCUT2D eigenvalue weighted by Crippen LogP contribution is -2.00. The normalized spacial score (nSPS) is 10.1. The Morgan fingerprint density at radius 2 is 2.00 bits per heavy atom. The van der Waals surface area contributed by atoms with Gasteiger partial charge in [-0.15, -0.1) is 0 Å². The minimum atomic E-state index is 0.217. The molecule has 3 heteroatoms. The summed E-state index contributed by atoms with van der Waals surface area (Å²) in [6.07, 6.45) is 1.63. The van der Waals surface area contributed by atoms with Crippen LogP contribution in [0.15, 0.2) is 18.2 Å². The Morgan fingerprint density at radius 1 is 1.20 bits per heavy atom. The van der Waals surface area contributed by atoms with Crippen LogP contribution in [0.4, 0.5) is 0 Å². The van der Waals surface area contributed by atoms with Crippen LogP contribution in [0.25, 0.3) is 0 Å². The molecule has 0 saturated heterocycles. The Balaban J connectivity index is 2.52. The quantitative estimate of drug-likeness (QED) is 0.731. The predicted octanol–water partition coefficient (Wildman–Crippen LogP) is 2.15. The first-order valence-corrected chi connectivity index (χ1v) is 5.16. The second-order valence-electron chi connectivity index (χ2n) is 3.43. The number of aliphatic hydroxyl groups excluding tert-OH is 1. The molecule has 0 aliphatic rings. The summed E-state index contributed by atoms with van der Waals surface area (Å²) in [5, 5.41) is 8.62. The second kappa shape index (κ2) is 6.30. The highest BCUT2D eigenvalue weighted by Crippen LogP contribution is 2.27. The average molecular weight is 210 g/mol. The van der Waals surface area contributed by atoms with Gasteiger partial charge in [0, 0.05) is 6.61 Å². The maximum Gasteiger partial charge on any atom is 0.161 e. The number of unbranched alkanes of at least 4 members (excludes halogenated alkanes) is 1. The van der Waals surface area contributed by atoms with Gasteiger partial charge in [0.25, 0.3) is 0 Å². The molecule has 1 N–H and O–H groups in total. The summed E-state index contributed by atoms with van der Waals surface area (Å²) in [5.41, 5.74) is 1.15. The van der Waals surface area contributed by atoms with Gasteiger partial charge in [-0.3, -0.25) is 0 Å². The van der Waals surface area contributed by atoms with Crippen LogP contribution in [0.2, 0.25) is 0 Å². The first-order chi connectivity index (χ1) is 7.27. The van der Waals surface area contributed by atoms with Crippen molar-refractivity contribution in [2.45, 2.75) is 19.8 Å². The molecule has 0 aliphatic carbocycles. The summed E-state index contributed by atoms with van der Waals surface area (Å²) in [7, 11) is 1.63. The third-order valence-electron chi connectivity index (χ3n) is 2.13. The van der Waals surface area contributed by atoms with Crippen molar-refractivity contribution in [3.8, 4) is 11.5 Å². The molecule has 0 amide bonds. The first kappa shape index (κ1) is 11.9. The summed E-state index contributed by atoms with van der Waals surface area (Å²) in [5.74, 6) is 1.53. The van der Waals surface area contributed by atoms with Gasteiger partial charge in [0.15, 0.2) is 11.5 Å². The van der Waals surface area contributed by atoms with Gasteiger partial charge in [0.1, 0.15) is 0 Å². The van der Waals surface area contributed by atoms with Gasteiger partial charge in [-0.2, -0.15) is 0 Å². The lowest BCUT2D eigenvalue weighted by Gasteiger charge is -2.10. The van der Waals surface area contributed by atoms with Gasteiger partial charge in [0.2, 0.25) is 0 Å². The fourth-order valence-electron chi connectivity index (χ4n) is 1.29. The number of methoxy groups -OCH3 is 1. The van der Waals surface area contributed by atoms with Crippen molar-refractivity contribution in [1.29, 1.82) is 0 Å². The number of aryl methyl sites for hydroxylation is 1. The molecule has 1 rings (SSSR count). The van der Waals surface area contributed by atoms with Crippen LogP contribution < -0.4 is 9.47 Å². The molecule has 15 heavy (non-hydrogen) atoms. The fourth-order valence-corrected chi connectivity index (χ4v) is 1.29. The molecule has 0 heterocycles. The largest absolute Gasteiger partial charge is 0.493 e. The molecular formula is C12H18O3. The maximum absolute atomic E-state index is 8.62. The maximum atomic E-state index is 8.62. The van der Waals surface area contributed by atoms with E-state index in [-0.39, 0.29) is 6.61 Å². The van der Waals surface area contributed by atoms with Crippen molar-refractivity contribution in [3.05, 3.63) is 23.8 Å². The van der Waals surface area contributed by atoms with Crippen LogP contribution in [-0.4, -0.2) is 25.4 Å². The number of hydrogen-bond acceptors (Lipinski definition) is 3. The van der Waals surface area contributed by atoms with E-state index in [0.717, 1.165) is 29.9 Å². The van der Waals surface area contributed by atoms with Crippen LogP contribution in [0.3, 0.4) is 0 Å². The van der Waals surface area contributed by atoms with E-state index in [1.54, 1.807) is 7.11 Å². The molecular weight excluding hydrogens is 192 g/mol.